The lowest BCUT2D eigenvalue weighted by Gasteiger charge is -1.99. The van der Waals surface area contributed by atoms with Crippen LogP contribution in [0.2, 0.25) is 10.0 Å². The van der Waals surface area contributed by atoms with Crippen molar-refractivity contribution in [3.63, 3.8) is 0 Å². The van der Waals surface area contributed by atoms with E-state index in [1.165, 1.54) is 6.08 Å². The lowest BCUT2D eigenvalue weighted by molar-refractivity contribution is 0.00520. The van der Waals surface area contributed by atoms with Gasteiger partial charge in [0.15, 0.2) is 6.21 Å². The molecule has 66 valence electrons. The van der Waals surface area contributed by atoms with Crippen molar-refractivity contribution in [2.24, 2.45) is 0 Å². The van der Waals surface area contributed by atoms with Crippen LogP contribution in [0.15, 0.2) is 24.3 Å². The van der Waals surface area contributed by atoms with Crippen molar-refractivity contribution < 1.29 is 4.79 Å². The first-order chi connectivity index (χ1) is 6.24. The second-order valence-corrected chi connectivity index (χ2v) is 3.05. The minimum atomic E-state index is 0.491. The molecular weight excluding hydrogens is 207 g/mol. The fourth-order valence-electron chi connectivity index (χ4n) is 0.783. The molecular formula is C9H5Cl2N2-. The highest BCUT2D eigenvalue weighted by molar-refractivity contribution is 6.42. The first-order valence-corrected chi connectivity index (χ1v) is 4.21. The van der Waals surface area contributed by atoms with Crippen LogP contribution in [-0.4, -0.2) is 11.0 Å². The second-order valence-electron chi connectivity index (χ2n) is 2.24. The predicted octanol–water partition coefficient (Wildman–Crippen LogP) is 3.18. The number of benzene rings is 1. The molecule has 13 heavy (non-hydrogen) atoms. The van der Waals surface area contributed by atoms with Gasteiger partial charge in [-0.3, -0.25) is 4.79 Å². The van der Waals surface area contributed by atoms with Gasteiger partial charge in [-0.1, -0.05) is 35.3 Å². The summed E-state index contributed by atoms with van der Waals surface area (Å²) in [6, 6.07) is 5.20. The maximum atomic E-state index is 8.06. The molecule has 0 unspecified atom stereocenters. The number of rotatable bonds is 2. The molecule has 0 saturated carbocycles. The molecule has 0 aromatic heterocycles. The van der Waals surface area contributed by atoms with Gasteiger partial charge in [-0.05, 0) is 6.07 Å². The Kier molecular flexibility index (Phi) is 3.71. The fourth-order valence-corrected chi connectivity index (χ4v) is 1.09. The Morgan fingerprint density at radius 1 is 1.31 bits per heavy atom. The monoisotopic (exact) mass is 211 g/mol. The summed E-state index contributed by atoms with van der Waals surface area (Å²) in [6.07, 6.45) is 5.42. The highest BCUT2D eigenvalue weighted by atomic mass is 35.5. The number of hydrogen-bond acceptors (Lipinski definition) is 0. The molecule has 0 spiro atoms. The first-order valence-electron chi connectivity index (χ1n) is 3.45. The van der Waals surface area contributed by atoms with Crippen molar-refractivity contribution in [3.05, 3.63) is 45.4 Å². The van der Waals surface area contributed by atoms with E-state index in [2.05, 4.69) is 11.0 Å². The van der Waals surface area contributed by atoms with Crippen molar-refractivity contribution >= 4 is 35.5 Å². The highest BCUT2D eigenvalue weighted by Gasteiger charge is 1.93. The van der Waals surface area contributed by atoms with Gasteiger partial charge in [0.2, 0.25) is 0 Å². The van der Waals surface area contributed by atoms with Crippen LogP contribution in [-0.2, 0) is 0 Å². The SMILES string of the molecule is [N-]=[N+]=[C-]/C=C/c1ccc(Cl)c(Cl)c1. The molecule has 0 aliphatic rings. The quantitative estimate of drug-likeness (QED) is 0.312. The molecule has 1 aromatic carbocycles. The zero-order valence-corrected chi connectivity index (χ0v) is 8.05. The summed E-state index contributed by atoms with van der Waals surface area (Å²) >= 11 is 11.5. The van der Waals surface area contributed by atoms with E-state index in [9.17, 15) is 0 Å². The second kappa shape index (κ2) is 4.83. The minimum Gasteiger partial charge on any atom is -0.385 e. The van der Waals surface area contributed by atoms with Crippen LogP contribution in [0, 0.1) is 0 Å². The number of halogens is 2. The molecule has 0 atom stereocenters. The highest BCUT2D eigenvalue weighted by Crippen LogP contribution is 2.22. The average Bonchev–Trinajstić information content (AvgIpc) is 2.12. The van der Waals surface area contributed by atoms with Gasteiger partial charge < -0.3 is 5.53 Å². The molecule has 0 fully saturated rings. The van der Waals surface area contributed by atoms with Gasteiger partial charge in [0.05, 0.1) is 10.0 Å². The van der Waals surface area contributed by atoms with Crippen molar-refractivity contribution in [1.82, 2.24) is 0 Å². The molecule has 0 aliphatic heterocycles. The molecule has 0 N–H and O–H groups in total. The van der Waals surface area contributed by atoms with Crippen molar-refractivity contribution in [3.8, 4) is 0 Å². The predicted molar refractivity (Wildman–Crippen MR) is 54.1 cm³/mol. The Morgan fingerprint density at radius 2 is 2.08 bits per heavy atom. The number of hydrogen-bond donors (Lipinski definition) is 0. The molecule has 2 nitrogen and oxygen atoms in total. The summed E-state index contributed by atoms with van der Waals surface area (Å²) in [7, 11) is 0. The Balaban J connectivity index is 2.91. The summed E-state index contributed by atoms with van der Waals surface area (Å²) in [4.78, 5) is 2.69. The van der Waals surface area contributed by atoms with Crippen LogP contribution < -0.4 is 0 Å². The van der Waals surface area contributed by atoms with E-state index in [1.807, 2.05) is 0 Å². The summed E-state index contributed by atoms with van der Waals surface area (Å²) < 4.78 is 0. The molecule has 0 saturated heterocycles. The van der Waals surface area contributed by atoms with Crippen molar-refractivity contribution in [2.45, 2.75) is 0 Å². The number of nitrogens with zero attached hydrogens (tertiary/aromatic N) is 2. The summed E-state index contributed by atoms with van der Waals surface area (Å²) in [5, 5.41) is 1.00. The molecule has 0 bridgehead atoms. The van der Waals surface area contributed by atoms with Crippen molar-refractivity contribution in [1.29, 1.82) is 0 Å². The molecule has 0 aliphatic carbocycles. The lowest BCUT2D eigenvalue weighted by Crippen LogP contribution is -1.74. The average molecular weight is 212 g/mol. The standard InChI is InChI=1S/C9H5Cl2N2/c10-8-4-3-7(6-9(8)11)2-1-5-13-12/h1-4,6H/q-1/b2-1+. The van der Waals surface area contributed by atoms with Gasteiger partial charge in [-0.15, -0.1) is 11.6 Å². The molecule has 0 amide bonds. The lowest BCUT2D eigenvalue weighted by atomic mass is 10.2. The Bertz CT molecular complexity index is 379. The largest absolute Gasteiger partial charge is 0.385 e. The maximum Gasteiger partial charge on any atom is 0.176 e. The van der Waals surface area contributed by atoms with Gasteiger partial charge in [0.1, 0.15) is 0 Å². The molecule has 0 radical (unpaired) electrons. The van der Waals surface area contributed by atoms with E-state index < -0.39 is 0 Å². The van der Waals surface area contributed by atoms with Crippen LogP contribution >= 0.6 is 23.2 Å². The Morgan fingerprint density at radius 3 is 2.69 bits per heavy atom. The normalized spacial score (nSPS) is 10.0. The zero-order valence-electron chi connectivity index (χ0n) is 6.54. The van der Waals surface area contributed by atoms with Crippen LogP contribution in [0.3, 0.4) is 0 Å². The van der Waals surface area contributed by atoms with E-state index in [1.54, 1.807) is 24.3 Å². The minimum absolute atomic E-state index is 0.491. The topological polar surface area (TPSA) is 36.4 Å². The van der Waals surface area contributed by atoms with E-state index in [0.29, 0.717) is 10.0 Å². The van der Waals surface area contributed by atoms with Gasteiger partial charge >= 0.3 is 0 Å². The maximum absolute atomic E-state index is 8.06. The summed E-state index contributed by atoms with van der Waals surface area (Å²) in [5.41, 5.74) is 8.92. The van der Waals surface area contributed by atoms with Gasteiger partial charge in [0, 0.05) is 0 Å². The third kappa shape index (κ3) is 3.03. The molecule has 1 rings (SSSR count). The van der Waals surface area contributed by atoms with E-state index in [0.717, 1.165) is 5.56 Å². The Labute approximate surface area is 86.0 Å². The zero-order chi connectivity index (χ0) is 9.68. The number of allylic oxidation sites excluding steroid dienone is 1. The molecule has 4 heteroatoms. The summed E-state index contributed by atoms with van der Waals surface area (Å²) in [6.45, 7) is 0. The first kappa shape index (κ1) is 10.0. The van der Waals surface area contributed by atoms with Gasteiger partial charge in [-0.2, -0.15) is 6.08 Å². The van der Waals surface area contributed by atoms with Crippen molar-refractivity contribution in [2.75, 3.05) is 0 Å². The summed E-state index contributed by atoms with van der Waals surface area (Å²) in [5.74, 6) is 0. The van der Waals surface area contributed by atoms with Crippen LogP contribution in [0.5, 0.6) is 0 Å². The smallest absolute Gasteiger partial charge is 0.176 e. The third-order valence-electron chi connectivity index (χ3n) is 1.35. The van der Waals surface area contributed by atoms with E-state index >= 15 is 0 Å². The molecule has 1 aromatic rings. The van der Waals surface area contributed by atoms with Crippen LogP contribution in [0.4, 0.5) is 0 Å². The third-order valence-corrected chi connectivity index (χ3v) is 2.09. The Hall–Kier alpha value is -1.08. The van der Waals surface area contributed by atoms with E-state index in [-0.39, 0.29) is 0 Å². The van der Waals surface area contributed by atoms with Crippen LogP contribution in [0.1, 0.15) is 5.56 Å². The molecule has 0 heterocycles. The van der Waals surface area contributed by atoms with Crippen LogP contribution in [0.25, 0.3) is 11.6 Å². The van der Waals surface area contributed by atoms with Gasteiger partial charge in [0.25, 0.3) is 0 Å². The van der Waals surface area contributed by atoms with Gasteiger partial charge in [-0.25, -0.2) is 0 Å². The fraction of sp³-hybridized carbons (Fsp3) is 0. The van der Waals surface area contributed by atoms with E-state index in [4.69, 9.17) is 28.7 Å².